The van der Waals surface area contributed by atoms with E-state index >= 15 is 0 Å². The molecule has 1 heterocycles. The third-order valence-corrected chi connectivity index (χ3v) is 5.46. The minimum Gasteiger partial charge on any atom is -0.308 e. The van der Waals surface area contributed by atoms with Crippen LogP contribution < -0.4 is 5.32 Å². The van der Waals surface area contributed by atoms with Gasteiger partial charge in [0.1, 0.15) is 5.82 Å². The molecule has 1 atom stereocenters. The third kappa shape index (κ3) is 3.10. The molecule has 1 aliphatic heterocycles. The zero-order valence-electron chi connectivity index (χ0n) is 12.7. The molecule has 3 rings (SSSR count). The van der Waals surface area contributed by atoms with Crippen molar-refractivity contribution in [2.45, 2.75) is 57.2 Å². The number of halogens is 2. The second-order valence-corrected chi connectivity index (χ2v) is 6.96. The molecule has 21 heavy (non-hydrogen) atoms. The van der Waals surface area contributed by atoms with E-state index < -0.39 is 0 Å². The van der Waals surface area contributed by atoms with Crippen LogP contribution in [0.3, 0.4) is 0 Å². The van der Waals surface area contributed by atoms with Crippen molar-refractivity contribution < 1.29 is 4.39 Å². The summed E-state index contributed by atoms with van der Waals surface area (Å²) in [7, 11) is 0. The lowest BCUT2D eigenvalue weighted by Crippen LogP contribution is -2.62. The van der Waals surface area contributed by atoms with E-state index in [-0.39, 0.29) is 16.4 Å². The van der Waals surface area contributed by atoms with Gasteiger partial charge in [-0.3, -0.25) is 4.90 Å². The van der Waals surface area contributed by atoms with Crippen LogP contribution in [0.15, 0.2) is 18.2 Å². The normalized spacial score (nSPS) is 25.6. The quantitative estimate of drug-likeness (QED) is 0.908. The van der Waals surface area contributed by atoms with Crippen molar-refractivity contribution in [3.63, 3.8) is 0 Å². The summed E-state index contributed by atoms with van der Waals surface area (Å²) >= 11 is 5.92. The number of nitrogens with zero attached hydrogens (tertiary/aromatic N) is 1. The zero-order chi connectivity index (χ0) is 14.9. The molecule has 1 saturated heterocycles. The average molecular weight is 311 g/mol. The maximum absolute atomic E-state index is 14.2. The maximum atomic E-state index is 14.2. The van der Waals surface area contributed by atoms with Crippen molar-refractivity contribution in [2.75, 3.05) is 13.1 Å². The van der Waals surface area contributed by atoms with Gasteiger partial charge in [0.25, 0.3) is 0 Å². The smallest absolute Gasteiger partial charge is 0.146 e. The lowest BCUT2D eigenvalue weighted by molar-refractivity contribution is 0.0709. The molecule has 2 nitrogen and oxygen atoms in total. The van der Waals surface area contributed by atoms with Crippen LogP contribution in [0.1, 0.15) is 44.6 Å². The van der Waals surface area contributed by atoms with Gasteiger partial charge >= 0.3 is 0 Å². The lowest BCUT2D eigenvalue weighted by atomic mass is 9.91. The van der Waals surface area contributed by atoms with Crippen LogP contribution >= 0.6 is 11.6 Å². The SMILES string of the molecule is CCC1CNC2(CCCC2)CN1Cc1cccc(Cl)c1F. The maximum Gasteiger partial charge on any atom is 0.146 e. The molecule has 1 saturated carbocycles. The van der Waals surface area contributed by atoms with Crippen LogP contribution in [-0.2, 0) is 6.54 Å². The molecular weight excluding hydrogens is 287 g/mol. The molecule has 1 unspecified atom stereocenters. The molecule has 2 fully saturated rings. The number of hydrogen-bond acceptors (Lipinski definition) is 2. The zero-order valence-corrected chi connectivity index (χ0v) is 13.4. The summed E-state index contributed by atoms with van der Waals surface area (Å²) in [5.74, 6) is -0.256. The molecule has 1 aromatic carbocycles. The van der Waals surface area contributed by atoms with Gasteiger partial charge < -0.3 is 5.32 Å². The van der Waals surface area contributed by atoms with Crippen molar-refractivity contribution in [3.8, 4) is 0 Å². The van der Waals surface area contributed by atoms with Crippen molar-refractivity contribution in [1.29, 1.82) is 0 Å². The van der Waals surface area contributed by atoms with Crippen LogP contribution in [-0.4, -0.2) is 29.6 Å². The fourth-order valence-electron chi connectivity index (χ4n) is 3.90. The van der Waals surface area contributed by atoms with E-state index in [1.807, 2.05) is 12.1 Å². The number of benzene rings is 1. The summed E-state index contributed by atoms with van der Waals surface area (Å²) in [5, 5.41) is 4.00. The number of piperazine rings is 1. The number of nitrogens with one attached hydrogen (secondary N) is 1. The van der Waals surface area contributed by atoms with Crippen molar-refractivity contribution >= 4 is 11.6 Å². The largest absolute Gasteiger partial charge is 0.308 e. The highest BCUT2D eigenvalue weighted by molar-refractivity contribution is 6.30. The van der Waals surface area contributed by atoms with E-state index in [1.165, 1.54) is 25.7 Å². The van der Waals surface area contributed by atoms with Gasteiger partial charge in [-0.25, -0.2) is 4.39 Å². The first-order valence-corrected chi connectivity index (χ1v) is 8.43. The monoisotopic (exact) mass is 310 g/mol. The first-order chi connectivity index (χ1) is 10.1. The van der Waals surface area contributed by atoms with Gasteiger partial charge in [-0.2, -0.15) is 0 Å². The molecule has 1 N–H and O–H groups in total. The average Bonchev–Trinajstić information content (AvgIpc) is 2.92. The second-order valence-electron chi connectivity index (χ2n) is 6.55. The highest BCUT2D eigenvalue weighted by atomic mass is 35.5. The summed E-state index contributed by atoms with van der Waals surface area (Å²) in [6, 6.07) is 5.80. The minimum absolute atomic E-state index is 0.228. The van der Waals surface area contributed by atoms with Gasteiger partial charge in [0.15, 0.2) is 0 Å². The van der Waals surface area contributed by atoms with E-state index in [0.29, 0.717) is 12.6 Å². The Hall–Kier alpha value is -0.640. The van der Waals surface area contributed by atoms with E-state index in [0.717, 1.165) is 25.1 Å². The Balaban J connectivity index is 1.78. The fourth-order valence-corrected chi connectivity index (χ4v) is 4.09. The Bertz CT molecular complexity index is 500. The Morgan fingerprint density at radius 2 is 2.14 bits per heavy atom. The highest BCUT2D eigenvalue weighted by Gasteiger charge is 2.40. The summed E-state index contributed by atoms with van der Waals surface area (Å²) in [5.41, 5.74) is 0.983. The van der Waals surface area contributed by atoms with Crippen molar-refractivity contribution in [2.24, 2.45) is 0 Å². The summed E-state index contributed by atoms with van der Waals surface area (Å²) in [4.78, 5) is 2.45. The Morgan fingerprint density at radius 1 is 1.38 bits per heavy atom. The van der Waals surface area contributed by atoms with Crippen LogP contribution in [0.2, 0.25) is 5.02 Å². The van der Waals surface area contributed by atoms with E-state index in [2.05, 4.69) is 17.1 Å². The summed E-state index contributed by atoms with van der Waals surface area (Å²) in [6.07, 6.45) is 6.20. The number of hydrogen-bond donors (Lipinski definition) is 1. The van der Waals surface area contributed by atoms with Gasteiger partial charge in [0.2, 0.25) is 0 Å². The van der Waals surface area contributed by atoms with Gasteiger partial charge in [-0.05, 0) is 25.3 Å². The van der Waals surface area contributed by atoms with Gasteiger partial charge in [-0.15, -0.1) is 0 Å². The van der Waals surface area contributed by atoms with Crippen LogP contribution in [0.25, 0.3) is 0 Å². The fraction of sp³-hybridized carbons (Fsp3) is 0.647. The molecule has 0 aromatic heterocycles. The van der Waals surface area contributed by atoms with E-state index in [9.17, 15) is 4.39 Å². The third-order valence-electron chi connectivity index (χ3n) is 5.17. The predicted molar refractivity (Wildman–Crippen MR) is 85.1 cm³/mol. The molecule has 1 spiro atoms. The Kier molecular flexibility index (Phi) is 4.53. The first kappa shape index (κ1) is 15.3. The predicted octanol–water partition coefficient (Wildman–Crippen LogP) is 3.98. The Morgan fingerprint density at radius 3 is 2.86 bits per heavy atom. The molecule has 0 bridgehead atoms. The standard InChI is InChI=1S/C17H24ClFN2/c1-2-14-10-20-17(8-3-4-9-17)12-21(14)11-13-6-5-7-15(18)16(13)19/h5-7,14,20H,2-4,8-12H2,1H3. The Labute approximate surface area is 131 Å². The van der Waals surface area contributed by atoms with Crippen LogP contribution in [0.5, 0.6) is 0 Å². The number of rotatable bonds is 3. The van der Waals surface area contributed by atoms with Crippen LogP contribution in [0, 0.1) is 5.82 Å². The highest BCUT2D eigenvalue weighted by Crippen LogP contribution is 2.34. The van der Waals surface area contributed by atoms with E-state index in [1.54, 1.807) is 6.07 Å². The molecular formula is C17H24ClFN2. The summed E-state index contributed by atoms with van der Waals surface area (Å²) < 4.78 is 14.2. The molecule has 0 radical (unpaired) electrons. The van der Waals surface area contributed by atoms with Gasteiger partial charge in [0, 0.05) is 36.8 Å². The molecule has 1 aromatic rings. The minimum atomic E-state index is -0.256. The topological polar surface area (TPSA) is 15.3 Å². The van der Waals surface area contributed by atoms with Crippen molar-refractivity contribution in [1.82, 2.24) is 10.2 Å². The van der Waals surface area contributed by atoms with Gasteiger partial charge in [-0.1, -0.05) is 43.5 Å². The first-order valence-electron chi connectivity index (χ1n) is 8.05. The van der Waals surface area contributed by atoms with Gasteiger partial charge in [0.05, 0.1) is 5.02 Å². The van der Waals surface area contributed by atoms with Crippen molar-refractivity contribution in [3.05, 3.63) is 34.6 Å². The molecule has 0 amide bonds. The summed E-state index contributed by atoms with van der Waals surface area (Å²) in [6.45, 7) is 4.91. The lowest BCUT2D eigenvalue weighted by Gasteiger charge is -2.46. The molecule has 1 aliphatic carbocycles. The van der Waals surface area contributed by atoms with Crippen LogP contribution in [0.4, 0.5) is 4.39 Å². The molecule has 116 valence electrons. The molecule has 2 aliphatic rings. The van der Waals surface area contributed by atoms with E-state index in [4.69, 9.17) is 11.6 Å². The molecule has 4 heteroatoms. The second kappa shape index (κ2) is 6.23.